The van der Waals surface area contributed by atoms with E-state index in [1.54, 1.807) is 0 Å². The van der Waals surface area contributed by atoms with Gasteiger partial charge in [0.25, 0.3) is 0 Å². The van der Waals surface area contributed by atoms with Crippen LogP contribution in [0, 0.1) is 0 Å². The Balaban J connectivity index is 2.66. The second kappa shape index (κ2) is 6.26. The average Bonchev–Trinajstić information content (AvgIpc) is 2.41. The van der Waals surface area contributed by atoms with Gasteiger partial charge in [0.2, 0.25) is 0 Å². The van der Waals surface area contributed by atoms with Gasteiger partial charge >= 0.3 is 12.8 Å². The van der Waals surface area contributed by atoms with Crippen molar-refractivity contribution in [2.45, 2.75) is 12.8 Å². The summed E-state index contributed by atoms with van der Waals surface area (Å²) in [6.45, 7) is -3.23. The minimum atomic E-state index is -4.75. The number of alkyl halides is 5. The Morgan fingerprint density at radius 2 is 1.73 bits per heavy atom. The Labute approximate surface area is 131 Å². The van der Waals surface area contributed by atoms with Crippen LogP contribution in [-0.4, -0.2) is 11.6 Å². The van der Waals surface area contributed by atoms with E-state index in [4.69, 9.17) is 23.2 Å². The molecule has 1 aromatic heterocycles. The van der Waals surface area contributed by atoms with Gasteiger partial charge in [-0.15, -0.1) is 0 Å². The maximum atomic E-state index is 12.7. The summed E-state index contributed by atoms with van der Waals surface area (Å²) in [5.74, 6) is -0.535. The van der Waals surface area contributed by atoms with Crippen molar-refractivity contribution in [2.75, 3.05) is 0 Å². The van der Waals surface area contributed by atoms with Crippen LogP contribution in [0.15, 0.2) is 30.3 Å². The smallest absolute Gasteiger partial charge is 0.432 e. The first-order valence-corrected chi connectivity index (χ1v) is 6.43. The average molecular weight is 358 g/mol. The third-order valence-electron chi connectivity index (χ3n) is 2.57. The van der Waals surface area contributed by atoms with Gasteiger partial charge in [-0.05, 0) is 18.2 Å². The predicted molar refractivity (Wildman–Crippen MR) is 71.3 cm³/mol. The molecule has 0 unspecified atom stereocenters. The largest absolute Gasteiger partial charge is 0.433 e. The number of halogens is 7. The van der Waals surface area contributed by atoms with Crippen LogP contribution in [0.25, 0.3) is 11.3 Å². The molecule has 0 saturated carbocycles. The molecule has 0 spiro atoms. The molecule has 22 heavy (non-hydrogen) atoms. The summed E-state index contributed by atoms with van der Waals surface area (Å²) in [7, 11) is 0. The minimum absolute atomic E-state index is 0.0429. The predicted octanol–water partition coefficient (Wildman–Crippen LogP) is 5.68. The number of aromatic nitrogens is 1. The van der Waals surface area contributed by atoms with E-state index in [2.05, 4.69) is 9.72 Å². The first-order chi connectivity index (χ1) is 10.2. The molecule has 0 fully saturated rings. The number of pyridine rings is 1. The normalized spacial score (nSPS) is 11.8. The first-order valence-electron chi connectivity index (χ1n) is 5.67. The highest BCUT2D eigenvalue weighted by atomic mass is 35.5. The van der Waals surface area contributed by atoms with E-state index in [0.29, 0.717) is 6.07 Å². The van der Waals surface area contributed by atoms with Crippen molar-refractivity contribution in [1.29, 1.82) is 0 Å². The second-order valence-electron chi connectivity index (χ2n) is 4.02. The lowest BCUT2D eigenvalue weighted by atomic mass is 10.1. The van der Waals surface area contributed by atoms with Crippen LogP contribution in [0.5, 0.6) is 5.75 Å². The molecule has 118 valence electrons. The summed E-state index contributed by atoms with van der Waals surface area (Å²) in [4.78, 5) is 3.34. The van der Waals surface area contributed by atoms with Gasteiger partial charge in [0.05, 0.1) is 10.0 Å². The fourth-order valence-corrected chi connectivity index (χ4v) is 2.06. The number of nitrogens with zero attached hydrogens (tertiary/aromatic N) is 1. The van der Waals surface area contributed by atoms with Crippen molar-refractivity contribution in [3.05, 3.63) is 46.1 Å². The molecular weight excluding hydrogens is 352 g/mol. The highest BCUT2D eigenvalue weighted by Gasteiger charge is 2.34. The van der Waals surface area contributed by atoms with Gasteiger partial charge in [0.1, 0.15) is 11.4 Å². The zero-order valence-corrected chi connectivity index (χ0v) is 12.0. The highest BCUT2D eigenvalue weighted by molar-refractivity contribution is 6.43. The number of hydrogen-bond donors (Lipinski definition) is 0. The van der Waals surface area contributed by atoms with Crippen LogP contribution in [0.4, 0.5) is 22.0 Å². The molecule has 0 aliphatic rings. The minimum Gasteiger partial charge on any atom is -0.432 e. The lowest BCUT2D eigenvalue weighted by molar-refractivity contribution is -0.141. The summed E-state index contributed by atoms with van der Waals surface area (Å²) in [5.41, 5.74) is -1.78. The molecule has 1 aromatic carbocycles. The molecule has 2 nitrogen and oxygen atoms in total. The Kier molecular flexibility index (Phi) is 4.77. The summed E-state index contributed by atoms with van der Waals surface area (Å²) in [5, 5.41) is -0.0727. The Morgan fingerprint density at radius 1 is 1.05 bits per heavy atom. The van der Waals surface area contributed by atoms with Crippen LogP contribution in [-0.2, 0) is 6.18 Å². The summed E-state index contributed by atoms with van der Waals surface area (Å²) in [6.07, 6.45) is -4.75. The van der Waals surface area contributed by atoms with Gasteiger partial charge in [-0.2, -0.15) is 22.0 Å². The van der Waals surface area contributed by atoms with Crippen LogP contribution < -0.4 is 4.74 Å². The quantitative estimate of drug-likeness (QED) is 0.659. The summed E-state index contributed by atoms with van der Waals surface area (Å²) < 4.78 is 67.2. The molecule has 9 heteroatoms. The van der Waals surface area contributed by atoms with E-state index in [9.17, 15) is 22.0 Å². The van der Waals surface area contributed by atoms with Crippen molar-refractivity contribution in [3.8, 4) is 17.0 Å². The van der Waals surface area contributed by atoms with E-state index >= 15 is 0 Å². The monoisotopic (exact) mass is 357 g/mol. The van der Waals surface area contributed by atoms with Crippen molar-refractivity contribution < 1.29 is 26.7 Å². The maximum Gasteiger partial charge on any atom is 0.433 e. The lowest BCUT2D eigenvalue weighted by Gasteiger charge is -2.14. The number of hydrogen-bond acceptors (Lipinski definition) is 2. The van der Waals surface area contributed by atoms with E-state index in [1.165, 1.54) is 18.2 Å². The standard InChI is InChI=1S/C13H6Cl2F5NO/c14-7-3-1-2-6(10(7)15)11-8(22-12(16)17)4-5-9(21-11)13(18,19)20/h1-5,12H. The molecule has 0 aliphatic heterocycles. The molecular formula is C13H6Cl2F5NO. The maximum absolute atomic E-state index is 12.7. The first kappa shape index (κ1) is 16.8. The molecule has 2 rings (SSSR count). The fourth-order valence-electron chi connectivity index (χ4n) is 1.67. The molecule has 2 aromatic rings. The molecule has 0 bridgehead atoms. The van der Waals surface area contributed by atoms with E-state index in [0.717, 1.165) is 6.07 Å². The van der Waals surface area contributed by atoms with Crippen LogP contribution in [0.2, 0.25) is 10.0 Å². The van der Waals surface area contributed by atoms with E-state index in [1.807, 2.05) is 0 Å². The number of rotatable bonds is 3. The van der Waals surface area contributed by atoms with Crippen molar-refractivity contribution in [3.63, 3.8) is 0 Å². The van der Waals surface area contributed by atoms with Crippen LogP contribution in [0.1, 0.15) is 5.69 Å². The molecule has 0 radical (unpaired) electrons. The topological polar surface area (TPSA) is 22.1 Å². The molecule has 0 N–H and O–H groups in total. The number of ether oxygens (including phenoxy) is 1. The third kappa shape index (κ3) is 3.59. The Morgan fingerprint density at radius 3 is 2.32 bits per heavy atom. The SMILES string of the molecule is FC(F)Oc1ccc(C(F)(F)F)nc1-c1cccc(Cl)c1Cl. The fraction of sp³-hybridized carbons (Fsp3) is 0.154. The molecule has 0 aliphatic carbocycles. The summed E-state index contributed by atoms with van der Waals surface area (Å²) >= 11 is 11.7. The molecule has 0 amide bonds. The van der Waals surface area contributed by atoms with Gasteiger partial charge < -0.3 is 4.74 Å². The Bertz CT molecular complexity index is 691. The van der Waals surface area contributed by atoms with Crippen molar-refractivity contribution >= 4 is 23.2 Å². The number of benzene rings is 1. The summed E-state index contributed by atoms with van der Waals surface area (Å²) in [6, 6.07) is 5.40. The van der Waals surface area contributed by atoms with Crippen molar-refractivity contribution in [1.82, 2.24) is 4.98 Å². The highest BCUT2D eigenvalue weighted by Crippen LogP contribution is 2.39. The third-order valence-corrected chi connectivity index (χ3v) is 3.39. The van der Waals surface area contributed by atoms with Gasteiger partial charge in [0, 0.05) is 5.56 Å². The van der Waals surface area contributed by atoms with Gasteiger partial charge in [-0.1, -0.05) is 35.3 Å². The van der Waals surface area contributed by atoms with E-state index in [-0.39, 0.29) is 15.6 Å². The zero-order valence-electron chi connectivity index (χ0n) is 10.5. The zero-order chi connectivity index (χ0) is 16.5. The second-order valence-corrected chi connectivity index (χ2v) is 4.81. The van der Waals surface area contributed by atoms with Gasteiger partial charge in [-0.3, -0.25) is 0 Å². The van der Waals surface area contributed by atoms with Crippen LogP contribution >= 0.6 is 23.2 Å². The molecule has 1 heterocycles. The van der Waals surface area contributed by atoms with Gasteiger partial charge in [0.15, 0.2) is 5.75 Å². The van der Waals surface area contributed by atoms with Gasteiger partial charge in [-0.25, -0.2) is 4.98 Å². The molecule has 0 atom stereocenters. The van der Waals surface area contributed by atoms with Crippen molar-refractivity contribution in [2.24, 2.45) is 0 Å². The van der Waals surface area contributed by atoms with Crippen LogP contribution in [0.3, 0.4) is 0 Å². The lowest BCUT2D eigenvalue weighted by Crippen LogP contribution is -2.11. The Hall–Kier alpha value is -1.60. The molecule has 0 saturated heterocycles. The van der Waals surface area contributed by atoms with E-state index < -0.39 is 29.9 Å².